The van der Waals surface area contributed by atoms with Crippen molar-refractivity contribution in [3.8, 4) is 0 Å². The van der Waals surface area contributed by atoms with Crippen molar-refractivity contribution in [3.05, 3.63) is 6.33 Å². The molecule has 1 heterocycles. The Morgan fingerprint density at radius 3 is 1.79 bits per heavy atom. The summed E-state index contributed by atoms with van der Waals surface area (Å²) in [5, 5.41) is 1.90. The third kappa shape index (κ3) is 6.52. The summed E-state index contributed by atoms with van der Waals surface area (Å²) in [5.41, 5.74) is 6.92. The molecular formula is C14H25N3S2. The van der Waals surface area contributed by atoms with Crippen LogP contribution in [0.5, 0.6) is 0 Å². The van der Waals surface area contributed by atoms with Crippen LogP contribution < -0.4 is 5.73 Å². The van der Waals surface area contributed by atoms with Crippen LogP contribution in [0.1, 0.15) is 52.4 Å². The van der Waals surface area contributed by atoms with Gasteiger partial charge in [-0.05, 0) is 24.3 Å². The molecule has 0 atom stereocenters. The molecule has 0 bridgehead atoms. The number of hydrogen-bond acceptors (Lipinski definition) is 5. The molecule has 1 rings (SSSR count). The Balaban J connectivity index is 2.44. The standard InChI is InChI=1S/C14H25N3S2/c1-3-5-7-9-18-13-12(15)14(17-11-16-13)19-10-8-6-4-2/h11H,3-10,15H2,1-2H3. The van der Waals surface area contributed by atoms with Crippen molar-refractivity contribution in [2.75, 3.05) is 17.2 Å². The van der Waals surface area contributed by atoms with Crippen molar-refractivity contribution < 1.29 is 0 Å². The number of anilines is 1. The fourth-order valence-corrected chi connectivity index (χ4v) is 3.53. The lowest BCUT2D eigenvalue weighted by Gasteiger charge is -2.08. The normalized spacial score (nSPS) is 10.8. The molecule has 19 heavy (non-hydrogen) atoms. The van der Waals surface area contributed by atoms with Crippen LogP contribution in [0, 0.1) is 0 Å². The quantitative estimate of drug-likeness (QED) is 0.388. The number of aromatic nitrogens is 2. The van der Waals surface area contributed by atoms with Crippen LogP contribution in [0.2, 0.25) is 0 Å². The van der Waals surface area contributed by atoms with Gasteiger partial charge in [-0.15, -0.1) is 23.5 Å². The second-order valence-electron chi connectivity index (χ2n) is 4.51. The van der Waals surface area contributed by atoms with Gasteiger partial charge in [0.05, 0.1) is 5.69 Å². The molecular weight excluding hydrogens is 274 g/mol. The molecule has 2 N–H and O–H groups in total. The Kier molecular flexibility index (Phi) is 9.08. The van der Waals surface area contributed by atoms with Gasteiger partial charge in [-0.1, -0.05) is 39.5 Å². The van der Waals surface area contributed by atoms with Gasteiger partial charge in [-0.2, -0.15) is 0 Å². The average Bonchev–Trinajstić information content (AvgIpc) is 2.43. The first kappa shape index (κ1) is 16.6. The molecule has 0 radical (unpaired) electrons. The zero-order valence-electron chi connectivity index (χ0n) is 12.0. The molecule has 0 aliphatic heterocycles. The minimum absolute atomic E-state index is 0.769. The van der Waals surface area contributed by atoms with Gasteiger partial charge in [0.25, 0.3) is 0 Å². The minimum atomic E-state index is 0.769. The van der Waals surface area contributed by atoms with E-state index in [0.29, 0.717) is 0 Å². The highest BCUT2D eigenvalue weighted by atomic mass is 32.2. The fraction of sp³-hybridized carbons (Fsp3) is 0.714. The summed E-state index contributed by atoms with van der Waals surface area (Å²) >= 11 is 3.51. The minimum Gasteiger partial charge on any atom is -0.394 e. The van der Waals surface area contributed by atoms with E-state index in [-0.39, 0.29) is 0 Å². The molecule has 0 saturated carbocycles. The lowest BCUT2D eigenvalue weighted by atomic mass is 10.3. The molecule has 0 saturated heterocycles. The van der Waals surface area contributed by atoms with Crippen LogP contribution in [0.3, 0.4) is 0 Å². The zero-order valence-corrected chi connectivity index (χ0v) is 13.7. The van der Waals surface area contributed by atoms with E-state index in [2.05, 4.69) is 23.8 Å². The maximum absolute atomic E-state index is 6.15. The van der Waals surface area contributed by atoms with Gasteiger partial charge in [-0.25, -0.2) is 9.97 Å². The van der Waals surface area contributed by atoms with Crippen LogP contribution in [-0.4, -0.2) is 21.5 Å². The lowest BCUT2D eigenvalue weighted by molar-refractivity contribution is 0.777. The average molecular weight is 300 g/mol. The van der Waals surface area contributed by atoms with Gasteiger partial charge < -0.3 is 5.73 Å². The summed E-state index contributed by atoms with van der Waals surface area (Å²) in [6.45, 7) is 4.43. The Morgan fingerprint density at radius 1 is 0.895 bits per heavy atom. The van der Waals surface area contributed by atoms with Crippen molar-refractivity contribution in [2.24, 2.45) is 0 Å². The highest BCUT2D eigenvalue weighted by molar-refractivity contribution is 8.00. The maximum atomic E-state index is 6.15. The molecule has 0 unspecified atom stereocenters. The van der Waals surface area contributed by atoms with E-state index in [1.54, 1.807) is 29.9 Å². The first-order valence-electron chi connectivity index (χ1n) is 7.15. The summed E-state index contributed by atoms with van der Waals surface area (Å²) in [7, 11) is 0. The first-order chi connectivity index (χ1) is 9.29. The number of nitrogen functional groups attached to an aromatic ring is 1. The predicted molar refractivity (Wildman–Crippen MR) is 86.9 cm³/mol. The molecule has 5 heteroatoms. The van der Waals surface area contributed by atoms with Gasteiger partial charge in [0.2, 0.25) is 0 Å². The summed E-state index contributed by atoms with van der Waals surface area (Å²) in [5.74, 6) is 2.18. The first-order valence-corrected chi connectivity index (χ1v) is 9.12. The molecule has 1 aromatic rings. The topological polar surface area (TPSA) is 51.8 Å². The Bertz CT molecular complexity index is 328. The smallest absolute Gasteiger partial charge is 0.124 e. The number of unbranched alkanes of at least 4 members (excludes halogenated alkanes) is 4. The van der Waals surface area contributed by atoms with Crippen LogP contribution in [0.25, 0.3) is 0 Å². The molecule has 0 amide bonds. The third-order valence-electron chi connectivity index (χ3n) is 2.78. The summed E-state index contributed by atoms with van der Waals surface area (Å²) in [6, 6.07) is 0. The van der Waals surface area contributed by atoms with Crippen molar-refractivity contribution in [1.82, 2.24) is 9.97 Å². The maximum Gasteiger partial charge on any atom is 0.124 e. The molecule has 3 nitrogen and oxygen atoms in total. The fourth-order valence-electron chi connectivity index (χ4n) is 1.64. The van der Waals surface area contributed by atoms with Crippen molar-refractivity contribution in [1.29, 1.82) is 0 Å². The van der Waals surface area contributed by atoms with Gasteiger partial charge in [0, 0.05) is 0 Å². The van der Waals surface area contributed by atoms with Gasteiger partial charge in [0.15, 0.2) is 0 Å². The van der Waals surface area contributed by atoms with E-state index in [1.807, 2.05) is 0 Å². The number of rotatable bonds is 10. The zero-order chi connectivity index (χ0) is 13.9. The molecule has 0 fully saturated rings. The van der Waals surface area contributed by atoms with E-state index in [1.165, 1.54) is 38.5 Å². The van der Waals surface area contributed by atoms with E-state index in [4.69, 9.17) is 5.73 Å². The largest absolute Gasteiger partial charge is 0.394 e. The van der Waals surface area contributed by atoms with Crippen molar-refractivity contribution in [3.63, 3.8) is 0 Å². The van der Waals surface area contributed by atoms with Gasteiger partial charge in [0.1, 0.15) is 16.4 Å². The second kappa shape index (κ2) is 10.4. The molecule has 0 aliphatic rings. The van der Waals surface area contributed by atoms with Crippen LogP contribution in [0.15, 0.2) is 16.4 Å². The SMILES string of the molecule is CCCCCSc1ncnc(SCCCCC)c1N. The Hall–Kier alpha value is -0.420. The molecule has 108 valence electrons. The van der Waals surface area contributed by atoms with E-state index < -0.39 is 0 Å². The predicted octanol–water partition coefficient (Wildman–Crippen LogP) is 4.62. The highest BCUT2D eigenvalue weighted by Crippen LogP contribution is 2.31. The molecule has 0 aromatic carbocycles. The van der Waals surface area contributed by atoms with Gasteiger partial charge >= 0.3 is 0 Å². The summed E-state index contributed by atoms with van der Waals surface area (Å²) < 4.78 is 0. The van der Waals surface area contributed by atoms with Crippen molar-refractivity contribution in [2.45, 2.75) is 62.4 Å². The monoisotopic (exact) mass is 299 g/mol. The molecule has 0 aliphatic carbocycles. The van der Waals surface area contributed by atoms with E-state index >= 15 is 0 Å². The number of nitrogens with zero attached hydrogens (tertiary/aromatic N) is 2. The highest BCUT2D eigenvalue weighted by Gasteiger charge is 2.08. The van der Waals surface area contributed by atoms with Gasteiger partial charge in [-0.3, -0.25) is 0 Å². The lowest BCUT2D eigenvalue weighted by Crippen LogP contribution is -1.98. The Labute approximate surface area is 125 Å². The summed E-state index contributed by atoms with van der Waals surface area (Å²) in [4.78, 5) is 8.59. The molecule has 0 spiro atoms. The summed E-state index contributed by atoms with van der Waals surface area (Å²) in [6.07, 6.45) is 9.14. The van der Waals surface area contributed by atoms with E-state index in [0.717, 1.165) is 27.2 Å². The van der Waals surface area contributed by atoms with Crippen molar-refractivity contribution >= 4 is 29.2 Å². The molecule has 1 aromatic heterocycles. The number of hydrogen-bond donors (Lipinski definition) is 1. The number of thioether (sulfide) groups is 2. The van der Waals surface area contributed by atoms with E-state index in [9.17, 15) is 0 Å². The van der Waals surface area contributed by atoms with Crippen LogP contribution in [-0.2, 0) is 0 Å². The number of nitrogens with two attached hydrogens (primary N) is 1. The second-order valence-corrected chi connectivity index (χ2v) is 6.68. The third-order valence-corrected chi connectivity index (χ3v) is 4.97. The van der Waals surface area contributed by atoms with Crippen LogP contribution in [0.4, 0.5) is 5.69 Å². The van der Waals surface area contributed by atoms with Crippen LogP contribution >= 0.6 is 23.5 Å². The Morgan fingerprint density at radius 2 is 1.37 bits per heavy atom.